The molecule has 10 heteroatoms. The van der Waals surface area contributed by atoms with Crippen LogP contribution in [0.1, 0.15) is 12.0 Å². The first-order valence-corrected chi connectivity index (χ1v) is 9.15. The Bertz CT molecular complexity index is 1100. The van der Waals surface area contributed by atoms with Crippen LogP contribution in [0.3, 0.4) is 0 Å². The van der Waals surface area contributed by atoms with Crippen molar-refractivity contribution in [1.82, 2.24) is 18.7 Å². The predicted molar refractivity (Wildman–Crippen MR) is 108 cm³/mol. The van der Waals surface area contributed by atoms with E-state index in [2.05, 4.69) is 10.3 Å². The van der Waals surface area contributed by atoms with Gasteiger partial charge in [-0.3, -0.25) is 18.5 Å². The number of aromatic nitrogens is 4. The summed E-state index contributed by atoms with van der Waals surface area (Å²) < 4.78 is 4.09. The molecule has 8 nitrogen and oxygen atoms in total. The number of benzene rings is 1. The minimum atomic E-state index is -0.443. The van der Waals surface area contributed by atoms with E-state index >= 15 is 0 Å². The summed E-state index contributed by atoms with van der Waals surface area (Å²) in [4.78, 5) is 29.5. The molecule has 0 bridgehead atoms. The van der Waals surface area contributed by atoms with Crippen LogP contribution in [0.25, 0.3) is 11.2 Å². The number of halogens is 2. The lowest BCUT2D eigenvalue weighted by Gasteiger charge is -2.13. The van der Waals surface area contributed by atoms with E-state index in [9.17, 15) is 9.59 Å². The summed E-state index contributed by atoms with van der Waals surface area (Å²) in [5.74, 6) is 0.452. The highest BCUT2D eigenvalue weighted by atomic mass is 35.5. The number of aryl methyl sites for hydroxylation is 1. The van der Waals surface area contributed by atoms with Gasteiger partial charge in [-0.15, -0.1) is 0 Å². The summed E-state index contributed by atoms with van der Waals surface area (Å²) in [7, 11) is 3.01. The number of hydrogen-bond donors (Lipinski definition) is 2. The Morgan fingerprint density at radius 2 is 1.81 bits per heavy atom. The molecule has 2 heterocycles. The van der Waals surface area contributed by atoms with Crippen LogP contribution >= 0.6 is 23.2 Å². The summed E-state index contributed by atoms with van der Waals surface area (Å²) in [6.45, 7) is 1.32. The van der Waals surface area contributed by atoms with Crippen molar-refractivity contribution in [2.45, 2.75) is 13.0 Å². The first kappa shape index (κ1) is 19.5. The second-order valence-electron chi connectivity index (χ2n) is 6.17. The monoisotopic (exact) mass is 410 g/mol. The summed E-state index contributed by atoms with van der Waals surface area (Å²) in [5.41, 5.74) is 5.93. The molecular weight excluding hydrogens is 391 g/mol. The largest absolute Gasteiger partial charge is 0.356 e. The highest BCUT2D eigenvalue weighted by Crippen LogP contribution is 2.27. The molecule has 3 N–H and O–H groups in total. The number of nitrogens with zero attached hydrogens (tertiary/aromatic N) is 4. The highest BCUT2D eigenvalue weighted by Gasteiger charge is 2.20. The molecule has 0 aliphatic rings. The van der Waals surface area contributed by atoms with E-state index in [4.69, 9.17) is 28.9 Å². The summed E-state index contributed by atoms with van der Waals surface area (Å²) in [6, 6.07) is 5.22. The van der Waals surface area contributed by atoms with Crippen molar-refractivity contribution >= 4 is 40.3 Å². The van der Waals surface area contributed by atoms with E-state index < -0.39 is 11.2 Å². The van der Waals surface area contributed by atoms with Crippen LogP contribution in [-0.2, 0) is 20.6 Å². The maximum Gasteiger partial charge on any atom is 0.332 e. The Labute approximate surface area is 165 Å². The van der Waals surface area contributed by atoms with Gasteiger partial charge in [0.05, 0.1) is 6.54 Å². The lowest BCUT2D eigenvalue weighted by atomic mass is 10.2. The van der Waals surface area contributed by atoms with E-state index in [1.165, 1.54) is 11.6 Å². The number of nitrogens with two attached hydrogens (primary N) is 1. The second-order valence-corrected chi connectivity index (χ2v) is 6.98. The molecule has 144 valence electrons. The van der Waals surface area contributed by atoms with Gasteiger partial charge in [-0.25, -0.2) is 4.79 Å². The van der Waals surface area contributed by atoms with Crippen LogP contribution in [-0.4, -0.2) is 31.8 Å². The summed E-state index contributed by atoms with van der Waals surface area (Å²) >= 11 is 12.6. The van der Waals surface area contributed by atoms with Crippen LogP contribution in [0.2, 0.25) is 10.0 Å². The summed E-state index contributed by atoms with van der Waals surface area (Å²) in [5, 5.41) is 4.15. The van der Waals surface area contributed by atoms with Crippen molar-refractivity contribution in [3.63, 3.8) is 0 Å². The fourth-order valence-electron chi connectivity index (χ4n) is 2.88. The smallest absolute Gasteiger partial charge is 0.332 e. The van der Waals surface area contributed by atoms with Gasteiger partial charge in [0.1, 0.15) is 0 Å². The average Bonchev–Trinajstić information content (AvgIpc) is 3.00. The van der Waals surface area contributed by atoms with Gasteiger partial charge in [0, 0.05) is 36.2 Å². The zero-order valence-corrected chi connectivity index (χ0v) is 16.5. The highest BCUT2D eigenvalue weighted by molar-refractivity contribution is 6.36. The average molecular weight is 411 g/mol. The molecule has 0 fully saturated rings. The minimum Gasteiger partial charge on any atom is -0.356 e. The van der Waals surface area contributed by atoms with Gasteiger partial charge in [0.2, 0.25) is 5.95 Å². The van der Waals surface area contributed by atoms with Crippen LogP contribution in [0, 0.1) is 0 Å². The Hall–Kier alpha value is -2.29. The minimum absolute atomic E-state index is 0.230. The normalized spacial score (nSPS) is 11.3. The van der Waals surface area contributed by atoms with Crippen LogP contribution in [0.5, 0.6) is 0 Å². The van der Waals surface area contributed by atoms with Gasteiger partial charge in [-0.1, -0.05) is 29.3 Å². The first-order valence-electron chi connectivity index (χ1n) is 8.40. The molecule has 2 aromatic heterocycles. The van der Waals surface area contributed by atoms with Crippen molar-refractivity contribution in [2.24, 2.45) is 19.8 Å². The number of fused-ring (bicyclic) bond motifs is 1. The molecule has 0 aliphatic heterocycles. The van der Waals surface area contributed by atoms with Gasteiger partial charge in [-0.2, -0.15) is 4.98 Å². The van der Waals surface area contributed by atoms with Crippen molar-refractivity contribution < 1.29 is 0 Å². The second kappa shape index (κ2) is 7.75. The third kappa shape index (κ3) is 3.47. The third-order valence-corrected chi connectivity index (χ3v) is 5.10. The zero-order valence-electron chi connectivity index (χ0n) is 15.0. The van der Waals surface area contributed by atoms with E-state index in [0.717, 1.165) is 11.0 Å². The predicted octanol–water partition coefficient (Wildman–Crippen LogP) is 1.55. The molecule has 27 heavy (non-hydrogen) atoms. The molecule has 3 aromatic rings. The molecular formula is C17H20Cl2N6O2. The van der Waals surface area contributed by atoms with Gasteiger partial charge in [-0.05, 0) is 25.1 Å². The molecule has 0 amide bonds. The topological polar surface area (TPSA) is 99.9 Å². The van der Waals surface area contributed by atoms with Crippen molar-refractivity contribution in [3.8, 4) is 0 Å². The number of nitrogens with one attached hydrogen (secondary N) is 1. The molecule has 3 rings (SSSR count). The van der Waals surface area contributed by atoms with Crippen molar-refractivity contribution in [1.29, 1.82) is 0 Å². The number of anilines is 1. The Kier molecular flexibility index (Phi) is 5.59. The van der Waals surface area contributed by atoms with Crippen LogP contribution in [0.4, 0.5) is 5.95 Å². The maximum absolute atomic E-state index is 12.8. The standard InChI is InChI=1S/C17H20Cl2N6O2/c1-23-14-13(15(26)24(2)17(23)27)25(16(22-14)21-8-4-7-20)9-10-11(18)5-3-6-12(10)19/h3,5-6H,4,7-9,20H2,1-2H3,(H,21,22). The fourth-order valence-corrected chi connectivity index (χ4v) is 3.40. The lowest BCUT2D eigenvalue weighted by molar-refractivity contribution is 0.702. The molecule has 1 aromatic carbocycles. The Morgan fingerprint density at radius 1 is 1.15 bits per heavy atom. The molecule has 0 unspecified atom stereocenters. The number of imidazole rings is 1. The SMILES string of the molecule is Cn1c(=O)c2c(nc(NCCCN)n2Cc2c(Cl)cccc2Cl)n(C)c1=O. The van der Waals surface area contributed by atoms with Gasteiger partial charge >= 0.3 is 5.69 Å². The van der Waals surface area contributed by atoms with E-state index in [1.807, 2.05) is 0 Å². The molecule has 0 radical (unpaired) electrons. The Balaban J connectivity index is 2.26. The van der Waals surface area contributed by atoms with Gasteiger partial charge in [0.15, 0.2) is 11.2 Å². The first-order chi connectivity index (χ1) is 12.9. The Morgan fingerprint density at radius 3 is 2.44 bits per heavy atom. The molecule has 0 aliphatic carbocycles. The molecule has 0 saturated heterocycles. The van der Waals surface area contributed by atoms with Crippen LogP contribution in [0.15, 0.2) is 27.8 Å². The number of rotatable bonds is 6. The van der Waals surface area contributed by atoms with Gasteiger partial charge in [0.25, 0.3) is 5.56 Å². The molecule has 0 spiro atoms. The molecule has 0 atom stereocenters. The van der Waals surface area contributed by atoms with E-state index in [0.29, 0.717) is 45.8 Å². The number of hydrogen-bond acceptors (Lipinski definition) is 5. The zero-order chi connectivity index (χ0) is 19.7. The third-order valence-electron chi connectivity index (χ3n) is 4.39. The quantitative estimate of drug-likeness (QED) is 0.600. The van der Waals surface area contributed by atoms with Crippen molar-refractivity contribution in [2.75, 3.05) is 18.4 Å². The van der Waals surface area contributed by atoms with Gasteiger partial charge < -0.3 is 11.1 Å². The maximum atomic E-state index is 12.8. The van der Waals surface area contributed by atoms with Crippen molar-refractivity contribution in [3.05, 3.63) is 54.6 Å². The van der Waals surface area contributed by atoms with E-state index in [-0.39, 0.29) is 6.54 Å². The summed E-state index contributed by atoms with van der Waals surface area (Å²) in [6.07, 6.45) is 0.729. The fraction of sp³-hybridized carbons (Fsp3) is 0.353. The van der Waals surface area contributed by atoms with Crippen LogP contribution < -0.4 is 22.3 Å². The van der Waals surface area contributed by atoms with E-state index in [1.54, 1.807) is 29.8 Å². The molecule has 0 saturated carbocycles. The lowest BCUT2D eigenvalue weighted by Crippen LogP contribution is -2.37.